The quantitative estimate of drug-likeness (QED) is 0.633. The Hall–Kier alpha value is -2.28. The summed E-state index contributed by atoms with van der Waals surface area (Å²) in [6, 6.07) is 10.4. The van der Waals surface area contributed by atoms with Gasteiger partial charge in [0.05, 0.1) is 5.71 Å². The second kappa shape index (κ2) is 7.82. The van der Waals surface area contributed by atoms with Gasteiger partial charge in [0.2, 0.25) is 0 Å². The van der Waals surface area contributed by atoms with Crippen LogP contribution < -0.4 is 10.2 Å². The Morgan fingerprint density at radius 1 is 1.17 bits per heavy atom. The lowest BCUT2D eigenvalue weighted by atomic mass is 10.1. The molecule has 1 amide bonds. The first kappa shape index (κ1) is 17.1. The Labute approximate surface area is 140 Å². The van der Waals surface area contributed by atoms with Gasteiger partial charge in [0.15, 0.2) is 18.2 Å². The summed E-state index contributed by atoms with van der Waals surface area (Å²) in [6.45, 7) is 1.36. The Morgan fingerprint density at radius 2 is 1.87 bits per heavy atom. The average molecular weight is 383 g/mol. The molecular weight excluding hydrogens is 370 g/mol. The maximum Gasteiger partial charge on any atom is 0.277 e. The fourth-order valence-corrected chi connectivity index (χ4v) is 1.91. The standard InChI is InChI=1S/C16H13BrF2N2O2/c1-10(11-2-7-14(18)15(19)8-11)20-21-16(22)9-23-13-5-3-12(17)4-6-13/h2-8H,9H2,1H3,(H,21,22)/b20-10-. The highest BCUT2D eigenvalue weighted by atomic mass is 79.9. The van der Waals surface area contributed by atoms with E-state index < -0.39 is 17.5 Å². The van der Waals surface area contributed by atoms with Gasteiger partial charge in [-0.1, -0.05) is 15.9 Å². The van der Waals surface area contributed by atoms with Crippen molar-refractivity contribution in [1.29, 1.82) is 0 Å². The van der Waals surface area contributed by atoms with Gasteiger partial charge in [0, 0.05) is 10.0 Å². The number of hydrazone groups is 1. The van der Waals surface area contributed by atoms with Crippen LogP contribution >= 0.6 is 15.9 Å². The van der Waals surface area contributed by atoms with Gasteiger partial charge in [-0.15, -0.1) is 0 Å². The van der Waals surface area contributed by atoms with Crippen LogP contribution in [0.15, 0.2) is 52.0 Å². The van der Waals surface area contributed by atoms with Crippen molar-refractivity contribution in [3.63, 3.8) is 0 Å². The molecule has 4 nitrogen and oxygen atoms in total. The predicted molar refractivity (Wildman–Crippen MR) is 86.3 cm³/mol. The van der Waals surface area contributed by atoms with Crippen molar-refractivity contribution in [1.82, 2.24) is 5.43 Å². The molecule has 0 aliphatic heterocycles. The molecule has 0 fully saturated rings. The van der Waals surface area contributed by atoms with Crippen LogP contribution in [0.3, 0.4) is 0 Å². The topological polar surface area (TPSA) is 50.7 Å². The summed E-state index contributed by atoms with van der Waals surface area (Å²) < 4.78 is 32.2. The van der Waals surface area contributed by atoms with Gasteiger partial charge in [-0.2, -0.15) is 5.10 Å². The third-order valence-electron chi connectivity index (χ3n) is 2.87. The second-order valence-corrected chi connectivity index (χ2v) is 5.52. The number of benzene rings is 2. The van der Waals surface area contributed by atoms with Gasteiger partial charge in [0.25, 0.3) is 5.91 Å². The molecule has 0 saturated heterocycles. The first-order valence-corrected chi connectivity index (χ1v) is 7.42. The number of halogens is 3. The highest BCUT2D eigenvalue weighted by Crippen LogP contribution is 2.15. The molecule has 0 saturated carbocycles. The molecule has 2 aromatic rings. The van der Waals surface area contributed by atoms with Crippen LogP contribution in [0.25, 0.3) is 0 Å². The van der Waals surface area contributed by atoms with Crippen LogP contribution in [0.5, 0.6) is 5.75 Å². The fourth-order valence-electron chi connectivity index (χ4n) is 1.64. The molecule has 1 N–H and O–H groups in total. The number of hydrogen-bond donors (Lipinski definition) is 1. The van der Waals surface area contributed by atoms with Gasteiger partial charge in [0.1, 0.15) is 5.75 Å². The minimum absolute atomic E-state index is 0.212. The lowest BCUT2D eigenvalue weighted by Gasteiger charge is -2.06. The van der Waals surface area contributed by atoms with Gasteiger partial charge in [-0.25, -0.2) is 14.2 Å². The summed E-state index contributed by atoms with van der Waals surface area (Å²) in [7, 11) is 0. The van der Waals surface area contributed by atoms with E-state index in [-0.39, 0.29) is 6.61 Å². The van der Waals surface area contributed by atoms with E-state index in [2.05, 4.69) is 26.5 Å². The third kappa shape index (κ3) is 5.14. The zero-order valence-corrected chi connectivity index (χ0v) is 13.7. The molecule has 0 aliphatic carbocycles. The average Bonchev–Trinajstić information content (AvgIpc) is 2.54. The molecule has 0 bridgehead atoms. The van der Waals surface area contributed by atoms with E-state index in [0.29, 0.717) is 17.0 Å². The molecule has 0 spiro atoms. The Bertz CT molecular complexity index is 733. The van der Waals surface area contributed by atoms with Crippen LogP contribution in [0.1, 0.15) is 12.5 Å². The lowest BCUT2D eigenvalue weighted by molar-refractivity contribution is -0.123. The second-order valence-electron chi connectivity index (χ2n) is 4.60. The molecule has 0 radical (unpaired) electrons. The maximum absolute atomic E-state index is 13.1. The molecular formula is C16H13BrF2N2O2. The molecule has 7 heteroatoms. The van der Waals surface area contributed by atoms with Crippen LogP contribution in [-0.4, -0.2) is 18.2 Å². The van der Waals surface area contributed by atoms with Crippen molar-refractivity contribution >= 4 is 27.5 Å². The number of carbonyl (C=O) groups is 1. The van der Waals surface area contributed by atoms with Crippen LogP contribution in [0, 0.1) is 11.6 Å². The lowest BCUT2D eigenvalue weighted by Crippen LogP contribution is -2.25. The predicted octanol–water partition coefficient (Wildman–Crippen LogP) is 3.65. The van der Waals surface area contributed by atoms with Crippen molar-refractivity contribution in [2.75, 3.05) is 6.61 Å². The smallest absolute Gasteiger partial charge is 0.277 e. The van der Waals surface area contributed by atoms with E-state index in [0.717, 1.165) is 16.6 Å². The number of ether oxygens (including phenoxy) is 1. The fraction of sp³-hybridized carbons (Fsp3) is 0.125. The summed E-state index contributed by atoms with van der Waals surface area (Å²) in [5, 5.41) is 3.83. The zero-order chi connectivity index (χ0) is 16.8. The summed E-state index contributed by atoms with van der Waals surface area (Å²) in [5.41, 5.74) is 3.02. The first-order valence-electron chi connectivity index (χ1n) is 6.62. The van der Waals surface area contributed by atoms with Crippen LogP contribution in [0.4, 0.5) is 8.78 Å². The number of carbonyl (C=O) groups excluding carboxylic acids is 1. The van der Waals surface area contributed by atoms with Crippen molar-refractivity contribution in [3.05, 3.63) is 64.1 Å². The van der Waals surface area contributed by atoms with Gasteiger partial charge >= 0.3 is 0 Å². The van der Waals surface area contributed by atoms with E-state index in [9.17, 15) is 13.6 Å². The molecule has 120 valence electrons. The number of amides is 1. The minimum Gasteiger partial charge on any atom is -0.484 e. The van der Waals surface area contributed by atoms with Crippen molar-refractivity contribution in [2.24, 2.45) is 5.10 Å². The Kier molecular flexibility index (Phi) is 5.81. The van der Waals surface area contributed by atoms with E-state index >= 15 is 0 Å². The number of rotatable bonds is 5. The van der Waals surface area contributed by atoms with Crippen LogP contribution in [0.2, 0.25) is 0 Å². The van der Waals surface area contributed by atoms with E-state index in [1.807, 2.05) is 0 Å². The third-order valence-corrected chi connectivity index (χ3v) is 3.40. The zero-order valence-electron chi connectivity index (χ0n) is 12.1. The first-order chi connectivity index (χ1) is 11.0. The van der Waals surface area contributed by atoms with E-state index in [1.54, 1.807) is 31.2 Å². The van der Waals surface area contributed by atoms with Gasteiger partial charge < -0.3 is 4.74 Å². The molecule has 0 heterocycles. The SMILES string of the molecule is C/C(=N/NC(=O)COc1ccc(Br)cc1)c1ccc(F)c(F)c1. The molecule has 2 rings (SSSR count). The minimum atomic E-state index is -0.970. The maximum atomic E-state index is 13.1. The highest BCUT2D eigenvalue weighted by Gasteiger charge is 2.06. The molecule has 0 aliphatic rings. The van der Waals surface area contributed by atoms with Crippen molar-refractivity contribution in [3.8, 4) is 5.75 Å². The van der Waals surface area contributed by atoms with Gasteiger partial charge in [-0.3, -0.25) is 4.79 Å². The van der Waals surface area contributed by atoms with Crippen molar-refractivity contribution < 1.29 is 18.3 Å². The summed E-state index contributed by atoms with van der Waals surface area (Å²) in [5.74, 6) is -1.82. The summed E-state index contributed by atoms with van der Waals surface area (Å²) >= 11 is 3.30. The Balaban J connectivity index is 1.89. The molecule has 2 aromatic carbocycles. The number of nitrogens with one attached hydrogen (secondary N) is 1. The summed E-state index contributed by atoms with van der Waals surface area (Å²) in [6.07, 6.45) is 0. The Morgan fingerprint density at radius 3 is 2.52 bits per heavy atom. The molecule has 0 atom stereocenters. The number of hydrogen-bond acceptors (Lipinski definition) is 3. The molecule has 23 heavy (non-hydrogen) atoms. The normalized spacial score (nSPS) is 11.2. The van der Waals surface area contributed by atoms with Crippen molar-refractivity contribution in [2.45, 2.75) is 6.92 Å². The highest BCUT2D eigenvalue weighted by molar-refractivity contribution is 9.10. The monoisotopic (exact) mass is 382 g/mol. The largest absolute Gasteiger partial charge is 0.484 e. The van der Waals surface area contributed by atoms with E-state index in [1.165, 1.54) is 6.07 Å². The molecule has 0 aromatic heterocycles. The van der Waals surface area contributed by atoms with Crippen LogP contribution in [-0.2, 0) is 4.79 Å². The number of nitrogens with zero attached hydrogens (tertiary/aromatic N) is 1. The molecule has 0 unspecified atom stereocenters. The van der Waals surface area contributed by atoms with Gasteiger partial charge in [-0.05, 0) is 49.4 Å². The van der Waals surface area contributed by atoms with E-state index in [4.69, 9.17) is 4.74 Å². The summed E-state index contributed by atoms with van der Waals surface area (Å²) in [4.78, 5) is 11.7.